The second-order valence-corrected chi connectivity index (χ2v) is 11.0. The van der Waals surface area contributed by atoms with Crippen LogP contribution in [0.1, 0.15) is 63.4 Å². The van der Waals surface area contributed by atoms with E-state index in [9.17, 15) is 18.0 Å². The highest BCUT2D eigenvalue weighted by atomic mass is 32.2. The number of carbonyl (C=O) groups excluding carboxylic acids is 2. The summed E-state index contributed by atoms with van der Waals surface area (Å²) >= 11 is 0. The highest BCUT2D eigenvalue weighted by molar-refractivity contribution is 7.89. The smallest absolute Gasteiger partial charge is 0.243 e. The molecule has 0 unspecified atom stereocenters. The van der Waals surface area contributed by atoms with Crippen LogP contribution in [0.3, 0.4) is 0 Å². The number of fused-ring (bicyclic) bond motifs is 1. The van der Waals surface area contributed by atoms with Crippen molar-refractivity contribution in [2.24, 2.45) is 5.92 Å². The van der Waals surface area contributed by atoms with Gasteiger partial charge in [0.1, 0.15) is 0 Å². The van der Waals surface area contributed by atoms with E-state index >= 15 is 0 Å². The fraction of sp³-hybridized carbons (Fsp3) is 0.583. The topological polar surface area (TPSA) is 95.6 Å². The first kappa shape index (κ1) is 23.0. The zero-order chi connectivity index (χ0) is 22.6. The van der Waals surface area contributed by atoms with Crippen LogP contribution in [0.25, 0.3) is 0 Å². The lowest BCUT2D eigenvalue weighted by atomic mass is 9.96. The first-order chi connectivity index (χ1) is 15.4. The summed E-state index contributed by atoms with van der Waals surface area (Å²) in [6, 6.07) is 4.92. The van der Waals surface area contributed by atoms with Crippen LogP contribution in [-0.2, 0) is 26.0 Å². The Balaban J connectivity index is 1.38. The molecule has 2 heterocycles. The average Bonchev–Trinajstić information content (AvgIpc) is 2.99. The number of benzene rings is 1. The van der Waals surface area contributed by atoms with E-state index in [1.165, 1.54) is 22.7 Å². The van der Waals surface area contributed by atoms with Gasteiger partial charge < -0.3 is 10.6 Å². The van der Waals surface area contributed by atoms with E-state index in [1.807, 2.05) is 0 Å². The van der Waals surface area contributed by atoms with E-state index in [0.717, 1.165) is 24.8 Å². The molecule has 1 aromatic rings. The molecule has 1 saturated heterocycles. The Hall–Kier alpha value is -2.19. The van der Waals surface area contributed by atoms with Crippen molar-refractivity contribution in [2.75, 3.05) is 25.0 Å². The van der Waals surface area contributed by atoms with Crippen molar-refractivity contribution in [1.29, 1.82) is 0 Å². The Labute approximate surface area is 190 Å². The lowest BCUT2D eigenvalue weighted by Gasteiger charge is -2.31. The third-order valence-corrected chi connectivity index (χ3v) is 8.58. The van der Waals surface area contributed by atoms with E-state index < -0.39 is 10.0 Å². The highest BCUT2D eigenvalue weighted by Crippen LogP contribution is 2.29. The molecular weight excluding hydrogens is 426 g/mol. The van der Waals surface area contributed by atoms with Gasteiger partial charge in [-0.05, 0) is 81.5 Å². The standard InChI is InChI=1S/C24H33N3O4S/c28-23-10-4-8-19-16-21(11-12-22(19)26-23)32(30,31)27-15-5-9-20(17-27)24(29)25-14-13-18-6-2-1-3-7-18/h6,11-12,16,20H,1-5,7-10,13-15,17H2,(H,25,29)(H,26,28)/t20-/m0/s1. The molecule has 1 atom stereocenters. The molecule has 3 aliphatic rings. The number of hydrogen-bond donors (Lipinski definition) is 2. The van der Waals surface area contributed by atoms with E-state index in [1.54, 1.807) is 18.2 Å². The Morgan fingerprint density at radius 2 is 2.00 bits per heavy atom. The number of hydrogen-bond acceptors (Lipinski definition) is 4. The summed E-state index contributed by atoms with van der Waals surface area (Å²) in [6.07, 6.45) is 11.1. The van der Waals surface area contributed by atoms with E-state index in [2.05, 4.69) is 16.7 Å². The second kappa shape index (κ2) is 10.2. The van der Waals surface area contributed by atoms with Gasteiger partial charge in [-0.25, -0.2) is 8.42 Å². The lowest BCUT2D eigenvalue weighted by Crippen LogP contribution is -2.45. The van der Waals surface area contributed by atoms with Gasteiger partial charge in [0, 0.05) is 31.7 Å². The average molecular weight is 460 g/mol. The summed E-state index contributed by atoms with van der Waals surface area (Å²) in [7, 11) is -3.69. The van der Waals surface area contributed by atoms with E-state index in [0.29, 0.717) is 50.9 Å². The number of amides is 2. The third kappa shape index (κ3) is 5.41. The number of piperidine rings is 1. The van der Waals surface area contributed by atoms with Crippen molar-refractivity contribution < 1.29 is 18.0 Å². The van der Waals surface area contributed by atoms with Crippen molar-refractivity contribution in [3.05, 3.63) is 35.4 Å². The van der Waals surface area contributed by atoms with Gasteiger partial charge in [0.05, 0.1) is 10.8 Å². The molecule has 4 rings (SSSR count). The molecule has 1 aliphatic carbocycles. The third-order valence-electron chi connectivity index (χ3n) is 6.72. The molecule has 0 aromatic heterocycles. The number of aryl methyl sites for hydroxylation is 1. The summed E-state index contributed by atoms with van der Waals surface area (Å²) < 4.78 is 28.1. The fourth-order valence-electron chi connectivity index (χ4n) is 4.86. The van der Waals surface area contributed by atoms with Crippen molar-refractivity contribution in [3.63, 3.8) is 0 Å². The number of nitrogens with one attached hydrogen (secondary N) is 2. The minimum Gasteiger partial charge on any atom is -0.356 e. The molecule has 174 valence electrons. The quantitative estimate of drug-likeness (QED) is 0.638. The number of carbonyl (C=O) groups is 2. The molecule has 8 heteroatoms. The SMILES string of the molecule is O=C1CCCc2cc(S(=O)(=O)N3CCC[C@H](C(=O)NCCC4=CCCCC4)C3)ccc2N1. The second-order valence-electron chi connectivity index (χ2n) is 9.07. The molecule has 0 bridgehead atoms. The summed E-state index contributed by atoms with van der Waals surface area (Å²) in [5, 5.41) is 5.86. The summed E-state index contributed by atoms with van der Waals surface area (Å²) in [5.74, 6) is -0.408. The maximum Gasteiger partial charge on any atom is 0.243 e. The van der Waals surface area contributed by atoms with Crippen LogP contribution in [-0.4, -0.2) is 44.2 Å². The molecule has 1 fully saturated rings. The summed E-state index contributed by atoms with van der Waals surface area (Å²) in [4.78, 5) is 24.7. The number of sulfonamides is 1. The molecule has 0 saturated carbocycles. The molecule has 32 heavy (non-hydrogen) atoms. The van der Waals surface area contributed by atoms with Crippen molar-refractivity contribution in [3.8, 4) is 0 Å². The first-order valence-corrected chi connectivity index (χ1v) is 13.3. The predicted molar refractivity (Wildman–Crippen MR) is 124 cm³/mol. The molecule has 1 aromatic carbocycles. The summed E-state index contributed by atoms with van der Waals surface area (Å²) in [5.41, 5.74) is 2.96. The zero-order valence-corrected chi connectivity index (χ0v) is 19.4. The van der Waals surface area contributed by atoms with Crippen molar-refractivity contribution >= 4 is 27.5 Å². The van der Waals surface area contributed by atoms with Crippen LogP contribution >= 0.6 is 0 Å². The first-order valence-electron chi connectivity index (χ1n) is 11.8. The number of nitrogens with zero attached hydrogens (tertiary/aromatic N) is 1. The van der Waals surface area contributed by atoms with Gasteiger partial charge >= 0.3 is 0 Å². The van der Waals surface area contributed by atoms with Crippen molar-refractivity contribution in [2.45, 2.75) is 69.1 Å². The van der Waals surface area contributed by atoms with Gasteiger partial charge in [0.15, 0.2) is 0 Å². The Morgan fingerprint density at radius 3 is 2.81 bits per heavy atom. The van der Waals surface area contributed by atoms with Gasteiger partial charge in [-0.1, -0.05) is 11.6 Å². The van der Waals surface area contributed by atoms with Crippen LogP contribution in [0.4, 0.5) is 5.69 Å². The maximum atomic E-state index is 13.3. The van der Waals surface area contributed by atoms with Gasteiger partial charge in [0.25, 0.3) is 0 Å². The minimum atomic E-state index is -3.69. The molecule has 0 radical (unpaired) electrons. The molecule has 2 N–H and O–H groups in total. The number of anilines is 1. The Morgan fingerprint density at radius 1 is 1.12 bits per heavy atom. The molecular formula is C24H33N3O4S. The fourth-order valence-corrected chi connectivity index (χ4v) is 6.43. The monoisotopic (exact) mass is 459 g/mol. The minimum absolute atomic E-state index is 0.0379. The highest BCUT2D eigenvalue weighted by Gasteiger charge is 2.33. The predicted octanol–water partition coefficient (Wildman–Crippen LogP) is 3.37. The van der Waals surface area contributed by atoms with Gasteiger partial charge in [-0.3, -0.25) is 9.59 Å². The van der Waals surface area contributed by atoms with Crippen LogP contribution in [0.15, 0.2) is 34.7 Å². The Kier molecular flexibility index (Phi) is 7.30. The van der Waals surface area contributed by atoms with Crippen LogP contribution in [0.5, 0.6) is 0 Å². The normalized spacial score (nSPS) is 22.3. The maximum absolute atomic E-state index is 13.3. The van der Waals surface area contributed by atoms with Crippen LogP contribution in [0, 0.1) is 5.92 Å². The summed E-state index contributed by atoms with van der Waals surface area (Å²) in [6.45, 7) is 1.25. The van der Waals surface area contributed by atoms with Crippen molar-refractivity contribution in [1.82, 2.24) is 9.62 Å². The van der Waals surface area contributed by atoms with E-state index in [4.69, 9.17) is 0 Å². The molecule has 0 spiro atoms. The van der Waals surface area contributed by atoms with Crippen LogP contribution < -0.4 is 10.6 Å². The largest absolute Gasteiger partial charge is 0.356 e. The van der Waals surface area contributed by atoms with Gasteiger partial charge in [-0.15, -0.1) is 0 Å². The van der Waals surface area contributed by atoms with Gasteiger partial charge in [-0.2, -0.15) is 4.31 Å². The number of rotatable bonds is 6. The molecule has 7 nitrogen and oxygen atoms in total. The molecule has 2 aliphatic heterocycles. The Bertz CT molecular complexity index is 1000. The lowest BCUT2D eigenvalue weighted by molar-refractivity contribution is -0.126. The van der Waals surface area contributed by atoms with Gasteiger partial charge in [0.2, 0.25) is 21.8 Å². The zero-order valence-electron chi connectivity index (χ0n) is 18.6. The van der Waals surface area contributed by atoms with Crippen LogP contribution in [0.2, 0.25) is 0 Å². The molecule has 2 amide bonds. The number of allylic oxidation sites excluding steroid dienone is 1. The van der Waals surface area contributed by atoms with E-state index in [-0.39, 0.29) is 29.2 Å².